The molecule has 56 valence electrons. The highest BCUT2D eigenvalue weighted by molar-refractivity contribution is 5.04. The van der Waals surface area contributed by atoms with E-state index in [4.69, 9.17) is 5.73 Å². The smallest absolute Gasteiger partial charge is 0.0133 e. The lowest BCUT2D eigenvalue weighted by Crippen LogP contribution is -2.41. The van der Waals surface area contributed by atoms with Crippen molar-refractivity contribution in [2.75, 3.05) is 0 Å². The molecule has 2 aliphatic rings. The minimum atomic E-state index is 0.485. The normalized spacial score (nSPS) is 45.5. The molecule has 0 radical (unpaired) electrons. The summed E-state index contributed by atoms with van der Waals surface area (Å²) in [6.45, 7) is 0. The van der Waals surface area contributed by atoms with Crippen LogP contribution in [0.25, 0.3) is 0 Å². The van der Waals surface area contributed by atoms with Gasteiger partial charge < -0.3 is 5.73 Å². The molecule has 0 spiro atoms. The molecule has 10 heavy (non-hydrogen) atoms. The van der Waals surface area contributed by atoms with Crippen LogP contribution in [0.5, 0.6) is 0 Å². The van der Waals surface area contributed by atoms with E-state index in [-0.39, 0.29) is 0 Å². The fourth-order valence-electron chi connectivity index (χ4n) is 2.28. The number of nitrogens with two attached hydrogens (primary N) is 1. The van der Waals surface area contributed by atoms with Crippen LogP contribution in [0.1, 0.15) is 25.7 Å². The van der Waals surface area contributed by atoms with Crippen molar-refractivity contribution >= 4 is 0 Å². The molecule has 0 aliphatic heterocycles. The van der Waals surface area contributed by atoms with E-state index in [1.54, 1.807) is 0 Å². The second kappa shape index (κ2) is 2.39. The van der Waals surface area contributed by atoms with Gasteiger partial charge in [0, 0.05) is 6.04 Å². The van der Waals surface area contributed by atoms with Gasteiger partial charge in [0.15, 0.2) is 0 Å². The van der Waals surface area contributed by atoms with Crippen molar-refractivity contribution in [1.82, 2.24) is 0 Å². The Bertz CT molecular complexity index is 151. The molecule has 0 saturated heterocycles. The summed E-state index contributed by atoms with van der Waals surface area (Å²) in [7, 11) is 0. The predicted octanol–water partition coefficient (Wildman–Crippen LogP) is 1.69. The van der Waals surface area contributed by atoms with Crippen molar-refractivity contribution in [1.29, 1.82) is 0 Å². The Hall–Kier alpha value is -0.300. The Kier molecular flexibility index (Phi) is 1.53. The van der Waals surface area contributed by atoms with E-state index in [0.29, 0.717) is 12.0 Å². The zero-order valence-electron chi connectivity index (χ0n) is 6.29. The zero-order valence-corrected chi connectivity index (χ0v) is 6.29. The number of fused-ring (bicyclic) bond motifs is 2. The lowest BCUT2D eigenvalue weighted by molar-refractivity contribution is 0.243. The van der Waals surface area contributed by atoms with E-state index >= 15 is 0 Å². The maximum absolute atomic E-state index is 6.03. The molecular formula is C9H15N. The van der Waals surface area contributed by atoms with Gasteiger partial charge in [-0.2, -0.15) is 0 Å². The van der Waals surface area contributed by atoms with Crippen LogP contribution in [0.15, 0.2) is 12.2 Å². The van der Waals surface area contributed by atoms with Crippen LogP contribution < -0.4 is 5.73 Å². The topological polar surface area (TPSA) is 26.0 Å². The first kappa shape index (κ1) is 6.41. The van der Waals surface area contributed by atoms with E-state index in [9.17, 15) is 0 Å². The molecule has 0 amide bonds. The standard InChI is InChI=1S/C9H15N/c10-9-7-3-1-4-8(9)6-2-5-7/h1,3,7-9H,2,4-6,10H2. The van der Waals surface area contributed by atoms with Gasteiger partial charge in [0.05, 0.1) is 0 Å². The molecule has 2 rings (SSSR count). The third-order valence-electron chi connectivity index (χ3n) is 2.97. The highest BCUT2D eigenvalue weighted by Gasteiger charge is 2.30. The summed E-state index contributed by atoms with van der Waals surface area (Å²) in [5.41, 5.74) is 6.03. The number of hydrogen-bond acceptors (Lipinski definition) is 1. The van der Waals surface area contributed by atoms with Crippen LogP contribution in [-0.4, -0.2) is 6.04 Å². The van der Waals surface area contributed by atoms with Gasteiger partial charge in [-0.1, -0.05) is 18.6 Å². The quantitative estimate of drug-likeness (QED) is 0.505. The van der Waals surface area contributed by atoms with Crippen LogP contribution in [0.2, 0.25) is 0 Å². The van der Waals surface area contributed by atoms with Gasteiger partial charge in [-0.25, -0.2) is 0 Å². The monoisotopic (exact) mass is 137 g/mol. The maximum atomic E-state index is 6.03. The third-order valence-corrected chi connectivity index (χ3v) is 2.97. The van der Waals surface area contributed by atoms with Crippen molar-refractivity contribution in [3.63, 3.8) is 0 Å². The average Bonchev–Trinajstić information content (AvgIpc) is 1.86. The minimum Gasteiger partial charge on any atom is -0.327 e. The van der Waals surface area contributed by atoms with Gasteiger partial charge in [-0.15, -0.1) is 0 Å². The lowest BCUT2D eigenvalue weighted by Gasteiger charge is -2.36. The Balaban J connectivity index is 2.17. The maximum Gasteiger partial charge on any atom is 0.0133 e. The van der Waals surface area contributed by atoms with Gasteiger partial charge in [0.25, 0.3) is 0 Å². The fraction of sp³-hybridized carbons (Fsp3) is 0.778. The van der Waals surface area contributed by atoms with Crippen molar-refractivity contribution in [3.8, 4) is 0 Å². The van der Waals surface area contributed by atoms with Crippen LogP contribution in [0.3, 0.4) is 0 Å². The SMILES string of the molecule is NC1C2C=CCC1CCC2. The van der Waals surface area contributed by atoms with Crippen molar-refractivity contribution in [3.05, 3.63) is 12.2 Å². The summed E-state index contributed by atoms with van der Waals surface area (Å²) in [6, 6.07) is 0.485. The summed E-state index contributed by atoms with van der Waals surface area (Å²) < 4.78 is 0. The van der Waals surface area contributed by atoms with Gasteiger partial charge in [0.2, 0.25) is 0 Å². The molecule has 2 N–H and O–H groups in total. The van der Waals surface area contributed by atoms with Crippen molar-refractivity contribution in [2.45, 2.75) is 31.7 Å². The average molecular weight is 137 g/mol. The molecule has 1 fully saturated rings. The van der Waals surface area contributed by atoms with E-state index in [2.05, 4.69) is 12.2 Å². The first-order valence-corrected chi connectivity index (χ1v) is 4.30. The Morgan fingerprint density at radius 1 is 1.30 bits per heavy atom. The molecule has 2 bridgehead atoms. The first-order chi connectivity index (χ1) is 4.88. The highest BCUT2D eigenvalue weighted by atomic mass is 14.7. The van der Waals surface area contributed by atoms with Gasteiger partial charge >= 0.3 is 0 Å². The zero-order chi connectivity index (χ0) is 6.97. The van der Waals surface area contributed by atoms with Crippen molar-refractivity contribution in [2.24, 2.45) is 17.6 Å². The summed E-state index contributed by atoms with van der Waals surface area (Å²) in [6.07, 6.45) is 9.96. The minimum absolute atomic E-state index is 0.485. The Labute approximate surface area is 62.3 Å². The van der Waals surface area contributed by atoms with Crippen LogP contribution in [0, 0.1) is 11.8 Å². The molecule has 3 atom stereocenters. The molecule has 0 aromatic heterocycles. The van der Waals surface area contributed by atoms with Gasteiger partial charge in [-0.3, -0.25) is 0 Å². The molecular weight excluding hydrogens is 122 g/mol. The van der Waals surface area contributed by atoms with E-state index in [1.807, 2.05) is 0 Å². The highest BCUT2D eigenvalue weighted by Crippen LogP contribution is 2.34. The Morgan fingerprint density at radius 2 is 2.20 bits per heavy atom. The van der Waals surface area contributed by atoms with E-state index in [1.165, 1.54) is 25.7 Å². The number of rotatable bonds is 0. The molecule has 0 aromatic rings. The van der Waals surface area contributed by atoms with Crippen molar-refractivity contribution < 1.29 is 0 Å². The molecule has 1 nitrogen and oxygen atoms in total. The molecule has 1 heteroatoms. The molecule has 1 saturated carbocycles. The fourth-order valence-corrected chi connectivity index (χ4v) is 2.28. The van der Waals surface area contributed by atoms with Crippen LogP contribution >= 0.6 is 0 Å². The van der Waals surface area contributed by atoms with Gasteiger partial charge in [-0.05, 0) is 31.1 Å². The number of allylic oxidation sites excluding steroid dienone is 1. The van der Waals surface area contributed by atoms with Gasteiger partial charge in [0.1, 0.15) is 0 Å². The second-order valence-corrected chi connectivity index (χ2v) is 3.60. The molecule has 0 aromatic carbocycles. The summed E-state index contributed by atoms with van der Waals surface area (Å²) >= 11 is 0. The third kappa shape index (κ3) is 0.891. The molecule has 3 unspecified atom stereocenters. The predicted molar refractivity (Wildman–Crippen MR) is 42.6 cm³/mol. The molecule has 0 heterocycles. The van der Waals surface area contributed by atoms with E-state index in [0.717, 1.165) is 5.92 Å². The number of hydrogen-bond donors (Lipinski definition) is 1. The summed E-state index contributed by atoms with van der Waals surface area (Å²) in [4.78, 5) is 0. The molecule has 2 aliphatic carbocycles. The van der Waals surface area contributed by atoms with E-state index < -0.39 is 0 Å². The largest absolute Gasteiger partial charge is 0.327 e. The first-order valence-electron chi connectivity index (χ1n) is 4.30. The summed E-state index contributed by atoms with van der Waals surface area (Å²) in [5, 5.41) is 0. The lowest BCUT2D eigenvalue weighted by atomic mass is 9.72. The van der Waals surface area contributed by atoms with Crippen LogP contribution in [-0.2, 0) is 0 Å². The van der Waals surface area contributed by atoms with Crippen LogP contribution in [0.4, 0.5) is 0 Å². The summed E-state index contributed by atoms with van der Waals surface area (Å²) in [5.74, 6) is 1.52. The second-order valence-electron chi connectivity index (χ2n) is 3.60. The Morgan fingerprint density at radius 3 is 2.90 bits per heavy atom.